The predicted octanol–water partition coefficient (Wildman–Crippen LogP) is 0.306. The molecule has 4 aliphatic rings. The Hall–Kier alpha value is -1.89. The summed E-state index contributed by atoms with van der Waals surface area (Å²) in [6.07, 6.45) is 6.08. The summed E-state index contributed by atoms with van der Waals surface area (Å²) >= 11 is 0. The third-order valence-corrected chi connectivity index (χ3v) is 6.37. The van der Waals surface area contributed by atoms with Crippen molar-refractivity contribution in [3.8, 4) is 0 Å². The van der Waals surface area contributed by atoms with Gasteiger partial charge in [-0.1, -0.05) is 26.0 Å². The molecule has 3 fully saturated rings. The van der Waals surface area contributed by atoms with Gasteiger partial charge >= 0.3 is 0 Å². The Balaban J connectivity index is 1.60. The highest BCUT2D eigenvalue weighted by Crippen LogP contribution is 2.53. The summed E-state index contributed by atoms with van der Waals surface area (Å²) in [7, 11) is 0. The molecule has 4 rings (SSSR count). The summed E-state index contributed by atoms with van der Waals surface area (Å²) in [6.45, 7) is 5.88. The number of carbonyl (C=O) groups excluding carboxylic acids is 3. The standard InChI is InChI=1S/C19H27N3O4/c1-3-12(4-2)22-11-19-7-6-13(26-19)15(16(19)18(22)25)17(24)21-9-5-8-20-14(23)10-21/h6-7,12-13,15-16H,3-5,8-11H2,1-2H3,(H,20,23)/t13-,15-,16-,19-/m0/s1. The van der Waals surface area contributed by atoms with Crippen molar-refractivity contribution in [3.05, 3.63) is 12.2 Å². The molecule has 142 valence electrons. The number of fused-ring (bicyclic) bond motifs is 1. The second-order valence-corrected chi connectivity index (χ2v) is 7.80. The zero-order valence-electron chi connectivity index (χ0n) is 15.4. The Kier molecular flexibility index (Phi) is 4.29. The number of carbonyl (C=O) groups is 3. The first-order chi connectivity index (χ1) is 12.5. The summed E-state index contributed by atoms with van der Waals surface area (Å²) < 4.78 is 6.18. The zero-order valence-corrected chi connectivity index (χ0v) is 15.4. The molecule has 2 bridgehead atoms. The fourth-order valence-electron chi connectivity index (χ4n) is 5.05. The molecule has 7 heteroatoms. The Labute approximate surface area is 153 Å². The Morgan fingerprint density at radius 1 is 1.38 bits per heavy atom. The number of hydrogen-bond acceptors (Lipinski definition) is 4. The molecule has 0 aromatic carbocycles. The van der Waals surface area contributed by atoms with E-state index in [1.807, 2.05) is 17.1 Å². The normalized spacial score (nSPS) is 35.9. The van der Waals surface area contributed by atoms with E-state index in [0.717, 1.165) is 19.3 Å². The summed E-state index contributed by atoms with van der Waals surface area (Å²) in [5.74, 6) is -1.21. The largest absolute Gasteiger partial charge is 0.360 e. The fourth-order valence-corrected chi connectivity index (χ4v) is 5.05. The topological polar surface area (TPSA) is 79.0 Å². The molecule has 0 aromatic rings. The number of likely N-dealkylation sites (tertiary alicyclic amines) is 1. The summed E-state index contributed by atoms with van der Waals surface area (Å²) in [5.41, 5.74) is -0.668. The van der Waals surface area contributed by atoms with Crippen LogP contribution in [0, 0.1) is 11.8 Å². The van der Waals surface area contributed by atoms with E-state index >= 15 is 0 Å². The second-order valence-electron chi connectivity index (χ2n) is 7.80. The third kappa shape index (κ3) is 2.47. The van der Waals surface area contributed by atoms with E-state index < -0.39 is 17.4 Å². The molecule has 1 N–H and O–H groups in total. The van der Waals surface area contributed by atoms with Crippen LogP contribution >= 0.6 is 0 Å². The molecule has 3 saturated heterocycles. The van der Waals surface area contributed by atoms with E-state index in [0.29, 0.717) is 19.6 Å². The van der Waals surface area contributed by atoms with Gasteiger partial charge in [-0.25, -0.2) is 0 Å². The second kappa shape index (κ2) is 6.37. The maximum absolute atomic E-state index is 13.3. The first-order valence-electron chi connectivity index (χ1n) is 9.74. The molecule has 0 radical (unpaired) electrons. The van der Waals surface area contributed by atoms with E-state index in [9.17, 15) is 14.4 Å². The van der Waals surface area contributed by atoms with Gasteiger partial charge in [-0.05, 0) is 19.3 Å². The number of hydrogen-bond donors (Lipinski definition) is 1. The van der Waals surface area contributed by atoms with Crippen molar-refractivity contribution < 1.29 is 19.1 Å². The average molecular weight is 361 g/mol. The van der Waals surface area contributed by atoms with Crippen molar-refractivity contribution in [3.63, 3.8) is 0 Å². The molecule has 0 aliphatic carbocycles. The van der Waals surface area contributed by atoms with Gasteiger partial charge in [0.25, 0.3) is 0 Å². The Bertz CT molecular complexity index is 659. The highest BCUT2D eigenvalue weighted by molar-refractivity contribution is 5.94. The molecule has 1 spiro atoms. The first-order valence-corrected chi connectivity index (χ1v) is 9.74. The van der Waals surface area contributed by atoms with Gasteiger partial charge in [-0.3, -0.25) is 14.4 Å². The number of ether oxygens (including phenoxy) is 1. The van der Waals surface area contributed by atoms with Crippen molar-refractivity contribution in [1.82, 2.24) is 15.1 Å². The molecular formula is C19H27N3O4. The van der Waals surface area contributed by atoms with Crippen LogP contribution in [0.25, 0.3) is 0 Å². The highest BCUT2D eigenvalue weighted by Gasteiger charge is 2.67. The van der Waals surface area contributed by atoms with Crippen LogP contribution in [0.5, 0.6) is 0 Å². The number of nitrogens with one attached hydrogen (secondary N) is 1. The van der Waals surface area contributed by atoms with Crippen molar-refractivity contribution in [2.24, 2.45) is 11.8 Å². The third-order valence-electron chi connectivity index (χ3n) is 6.37. The van der Waals surface area contributed by atoms with Gasteiger partial charge in [0.1, 0.15) is 5.60 Å². The van der Waals surface area contributed by atoms with Crippen LogP contribution in [-0.4, -0.2) is 71.4 Å². The van der Waals surface area contributed by atoms with Gasteiger partial charge in [-0.15, -0.1) is 0 Å². The van der Waals surface area contributed by atoms with Crippen molar-refractivity contribution in [2.45, 2.75) is 50.9 Å². The fraction of sp³-hybridized carbons (Fsp3) is 0.737. The lowest BCUT2D eigenvalue weighted by molar-refractivity contribution is -0.145. The predicted molar refractivity (Wildman–Crippen MR) is 94.0 cm³/mol. The van der Waals surface area contributed by atoms with E-state index in [-0.39, 0.29) is 36.4 Å². The van der Waals surface area contributed by atoms with Gasteiger partial charge in [-0.2, -0.15) is 0 Å². The Morgan fingerprint density at radius 3 is 2.88 bits per heavy atom. The van der Waals surface area contributed by atoms with Crippen LogP contribution in [0.3, 0.4) is 0 Å². The molecule has 0 unspecified atom stereocenters. The van der Waals surface area contributed by atoms with E-state index in [4.69, 9.17) is 4.74 Å². The maximum Gasteiger partial charge on any atom is 0.239 e. The maximum atomic E-state index is 13.3. The highest BCUT2D eigenvalue weighted by atomic mass is 16.5. The first kappa shape index (κ1) is 17.5. The minimum Gasteiger partial charge on any atom is -0.360 e. The summed E-state index contributed by atoms with van der Waals surface area (Å²) in [6, 6.07) is 0.179. The van der Waals surface area contributed by atoms with Gasteiger partial charge in [0.05, 0.1) is 31.0 Å². The molecule has 7 nitrogen and oxygen atoms in total. The summed E-state index contributed by atoms with van der Waals surface area (Å²) in [5, 5.41) is 2.79. The van der Waals surface area contributed by atoms with Crippen LogP contribution in [-0.2, 0) is 19.1 Å². The molecule has 26 heavy (non-hydrogen) atoms. The lowest BCUT2D eigenvalue weighted by atomic mass is 9.76. The molecular weight excluding hydrogens is 334 g/mol. The van der Waals surface area contributed by atoms with Crippen molar-refractivity contribution in [1.29, 1.82) is 0 Å². The van der Waals surface area contributed by atoms with Crippen LogP contribution in [0.2, 0.25) is 0 Å². The van der Waals surface area contributed by atoms with Gasteiger partial charge in [0.15, 0.2) is 0 Å². The number of nitrogens with zero attached hydrogens (tertiary/aromatic N) is 2. The van der Waals surface area contributed by atoms with Gasteiger partial charge in [0.2, 0.25) is 17.7 Å². The average Bonchev–Trinajstić information content (AvgIpc) is 3.20. The molecule has 4 heterocycles. The number of amides is 3. The van der Waals surface area contributed by atoms with Crippen molar-refractivity contribution in [2.75, 3.05) is 26.2 Å². The minimum absolute atomic E-state index is 0.0307. The van der Waals surface area contributed by atoms with Crippen LogP contribution in [0.15, 0.2) is 12.2 Å². The van der Waals surface area contributed by atoms with E-state index in [1.165, 1.54) is 0 Å². The molecule has 0 saturated carbocycles. The molecule has 0 aromatic heterocycles. The monoisotopic (exact) mass is 361 g/mol. The summed E-state index contributed by atoms with van der Waals surface area (Å²) in [4.78, 5) is 41.8. The lowest BCUT2D eigenvalue weighted by Gasteiger charge is -2.30. The van der Waals surface area contributed by atoms with Gasteiger partial charge < -0.3 is 19.9 Å². The van der Waals surface area contributed by atoms with Gasteiger partial charge in [0, 0.05) is 19.1 Å². The zero-order chi connectivity index (χ0) is 18.5. The van der Waals surface area contributed by atoms with Crippen LogP contribution in [0.4, 0.5) is 0 Å². The lowest BCUT2D eigenvalue weighted by Crippen LogP contribution is -2.48. The number of rotatable bonds is 4. The van der Waals surface area contributed by atoms with Crippen LogP contribution < -0.4 is 5.32 Å². The smallest absolute Gasteiger partial charge is 0.239 e. The van der Waals surface area contributed by atoms with E-state index in [2.05, 4.69) is 19.2 Å². The molecule has 4 atom stereocenters. The van der Waals surface area contributed by atoms with Crippen LogP contribution in [0.1, 0.15) is 33.1 Å². The van der Waals surface area contributed by atoms with Crippen molar-refractivity contribution >= 4 is 17.7 Å². The van der Waals surface area contributed by atoms with E-state index in [1.54, 1.807) is 4.90 Å². The molecule has 3 amide bonds. The SMILES string of the molecule is CCC(CC)N1C[C@]23C=C[C@H](O2)[C@H](C(=O)N2CCCNC(=O)C2)[C@H]3C1=O. The Morgan fingerprint density at radius 2 is 2.15 bits per heavy atom. The quantitative estimate of drug-likeness (QED) is 0.731. The molecule has 4 aliphatic heterocycles. The minimum atomic E-state index is -0.668.